The van der Waals surface area contributed by atoms with Crippen molar-refractivity contribution in [2.75, 3.05) is 57.8 Å². The smallest absolute Gasteiger partial charge is 0.321 e. The summed E-state index contributed by atoms with van der Waals surface area (Å²) in [5, 5.41) is 3.06. The summed E-state index contributed by atoms with van der Waals surface area (Å²) in [5.41, 5.74) is 0.948. The van der Waals surface area contributed by atoms with Crippen molar-refractivity contribution < 1.29 is 9.53 Å². The predicted octanol–water partition coefficient (Wildman–Crippen LogP) is 2.34. The molecule has 3 heterocycles. The summed E-state index contributed by atoms with van der Waals surface area (Å²) < 4.78 is 5.74. The van der Waals surface area contributed by atoms with Gasteiger partial charge in [0.05, 0.1) is 24.8 Å². The third-order valence-corrected chi connectivity index (χ3v) is 6.12. The first-order chi connectivity index (χ1) is 13.1. The molecule has 1 atom stereocenters. The third kappa shape index (κ3) is 3.98. The van der Waals surface area contributed by atoms with Crippen LogP contribution in [-0.2, 0) is 4.74 Å². The van der Waals surface area contributed by atoms with E-state index in [2.05, 4.69) is 29.0 Å². The normalized spacial score (nSPS) is 25.3. The molecule has 0 bridgehead atoms. The molecule has 0 radical (unpaired) electrons. The van der Waals surface area contributed by atoms with Gasteiger partial charge in [-0.2, -0.15) is 0 Å². The van der Waals surface area contributed by atoms with Crippen molar-refractivity contribution in [2.45, 2.75) is 31.8 Å². The van der Waals surface area contributed by atoms with Gasteiger partial charge >= 0.3 is 6.03 Å². The van der Waals surface area contributed by atoms with Gasteiger partial charge < -0.3 is 15.0 Å². The first-order valence-electron chi connectivity index (χ1n) is 10.2. The van der Waals surface area contributed by atoms with E-state index < -0.39 is 0 Å². The molecule has 0 aromatic heterocycles. The van der Waals surface area contributed by atoms with Crippen LogP contribution in [0.15, 0.2) is 30.3 Å². The second kappa shape index (κ2) is 7.78. The van der Waals surface area contributed by atoms with Gasteiger partial charge in [-0.15, -0.1) is 0 Å². The van der Waals surface area contributed by atoms with Crippen molar-refractivity contribution in [2.24, 2.45) is 5.92 Å². The van der Waals surface area contributed by atoms with Crippen LogP contribution in [0.25, 0.3) is 0 Å². The van der Waals surface area contributed by atoms with E-state index in [1.165, 1.54) is 6.42 Å². The standard InChI is InChI=1S/C21H32N4O2/c1-17(2)8-9-23-14-21(15-23)16-24(12-19-13-27-11-10-25(19)21)20(26)22-18-6-4-3-5-7-18/h3-7,17,19H,8-16H2,1-2H3,(H,22,26)/t19-/m1/s1. The molecule has 27 heavy (non-hydrogen) atoms. The van der Waals surface area contributed by atoms with Gasteiger partial charge in [-0.05, 0) is 31.0 Å². The number of carbonyl (C=O) groups is 1. The highest BCUT2D eigenvalue weighted by molar-refractivity contribution is 5.89. The Morgan fingerprint density at radius 3 is 2.78 bits per heavy atom. The zero-order valence-electron chi connectivity index (χ0n) is 16.6. The van der Waals surface area contributed by atoms with Gasteiger partial charge in [-0.3, -0.25) is 9.80 Å². The van der Waals surface area contributed by atoms with Crippen LogP contribution in [0.2, 0.25) is 0 Å². The number of hydrogen-bond donors (Lipinski definition) is 1. The molecule has 148 valence electrons. The largest absolute Gasteiger partial charge is 0.378 e. The number of benzene rings is 1. The molecule has 3 saturated heterocycles. The van der Waals surface area contributed by atoms with Crippen LogP contribution >= 0.6 is 0 Å². The first kappa shape index (κ1) is 18.7. The van der Waals surface area contributed by atoms with Crippen molar-refractivity contribution in [3.63, 3.8) is 0 Å². The molecule has 0 unspecified atom stereocenters. The molecular weight excluding hydrogens is 340 g/mol. The monoisotopic (exact) mass is 372 g/mol. The van der Waals surface area contributed by atoms with E-state index in [1.807, 2.05) is 35.2 Å². The lowest BCUT2D eigenvalue weighted by Gasteiger charge is -2.63. The molecule has 1 N–H and O–H groups in total. The lowest BCUT2D eigenvalue weighted by molar-refractivity contribution is -0.157. The molecule has 0 saturated carbocycles. The van der Waals surface area contributed by atoms with E-state index in [9.17, 15) is 4.79 Å². The summed E-state index contributed by atoms with van der Waals surface area (Å²) >= 11 is 0. The number of nitrogens with zero attached hydrogens (tertiary/aromatic N) is 3. The molecule has 4 rings (SSSR count). The minimum atomic E-state index is 0.00595. The molecule has 1 spiro atoms. The summed E-state index contributed by atoms with van der Waals surface area (Å²) in [6.45, 7) is 11.9. The van der Waals surface area contributed by atoms with Gasteiger partial charge in [-0.1, -0.05) is 32.0 Å². The summed E-state index contributed by atoms with van der Waals surface area (Å²) in [5.74, 6) is 0.734. The quantitative estimate of drug-likeness (QED) is 0.881. The van der Waals surface area contributed by atoms with Gasteiger partial charge in [0.1, 0.15) is 0 Å². The van der Waals surface area contributed by atoms with E-state index in [0.29, 0.717) is 6.04 Å². The van der Waals surface area contributed by atoms with Gasteiger partial charge in [0.2, 0.25) is 0 Å². The number of nitrogens with one attached hydrogen (secondary N) is 1. The fraction of sp³-hybridized carbons (Fsp3) is 0.667. The molecule has 3 fully saturated rings. The SMILES string of the molecule is CC(C)CCN1CC2(C1)CN(C(=O)Nc1ccccc1)C[C@@H]1COCCN12. The Balaban J connectivity index is 1.43. The molecule has 0 aliphatic carbocycles. The average Bonchev–Trinajstić information content (AvgIpc) is 2.64. The number of fused-ring (bicyclic) bond motifs is 2. The van der Waals surface area contributed by atoms with Crippen molar-refractivity contribution in [3.8, 4) is 0 Å². The zero-order chi connectivity index (χ0) is 18.9. The number of hydrogen-bond acceptors (Lipinski definition) is 4. The van der Waals surface area contributed by atoms with Crippen LogP contribution in [-0.4, -0.2) is 84.8 Å². The van der Waals surface area contributed by atoms with Crippen molar-refractivity contribution in [1.29, 1.82) is 0 Å². The van der Waals surface area contributed by atoms with Gasteiger partial charge in [0.15, 0.2) is 0 Å². The highest BCUT2D eigenvalue weighted by atomic mass is 16.5. The van der Waals surface area contributed by atoms with Crippen LogP contribution < -0.4 is 5.32 Å². The number of piperazine rings is 1. The zero-order valence-corrected chi connectivity index (χ0v) is 16.6. The maximum atomic E-state index is 12.9. The maximum absolute atomic E-state index is 12.9. The number of morpholine rings is 1. The number of para-hydroxylation sites is 1. The second-order valence-corrected chi connectivity index (χ2v) is 8.72. The Hall–Kier alpha value is -1.63. The number of anilines is 1. The van der Waals surface area contributed by atoms with Crippen molar-refractivity contribution in [1.82, 2.24) is 14.7 Å². The van der Waals surface area contributed by atoms with E-state index in [0.717, 1.165) is 64.1 Å². The lowest BCUT2D eigenvalue weighted by Crippen LogP contribution is -2.81. The van der Waals surface area contributed by atoms with E-state index in [4.69, 9.17) is 4.74 Å². The summed E-state index contributed by atoms with van der Waals surface area (Å²) in [7, 11) is 0. The number of ether oxygens (including phenoxy) is 1. The lowest BCUT2D eigenvalue weighted by atomic mass is 9.82. The number of amides is 2. The molecule has 1 aromatic carbocycles. The predicted molar refractivity (Wildman–Crippen MR) is 107 cm³/mol. The molecule has 3 aliphatic rings. The van der Waals surface area contributed by atoms with Crippen LogP contribution in [0.5, 0.6) is 0 Å². The molecule has 2 amide bonds. The third-order valence-electron chi connectivity index (χ3n) is 6.12. The van der Waals surface area contributed by atoms with Crippen LogP contribution in [0.1, 0.15) is 20.3 Å². The molecule has 6 heteroatoms. The van der Waals surface area contributed by atoms with Gasteiger partial charge in [0, 0.05) is 38.4 Å². The first-order valence-corrected chi connectivity index (χ1v) is 10.2. The van der Waals surface area contributed by atoms with Crippen LogP contribution in [0, 0.1) is 5.92 Å². The highest BCUT2D eigenvalue weighted by Crippen LogP contribution is 2.36. The Labute approximate surface area is 162 Å². The summed E-state index contributed by atoms with van der Waals surface area (Å²) in [6.07, 6.45) is 1.24. The number of likely N-dealkylation sites (tertiary alicyclic amines) is 1. The topological polar surface area (TPSA) is 48.1 Å². The Bertz CT molecular complexity index is 645. The molecule has 1 aromatic rings. The second-order valence-electron chi connectivity index (χ2n) is 8.72. The maximum Gasteiger partial charge on any atom is 0.321 e. The average molecular weight is 373 g/mol. The van der Waals surface area contributed by atoms with Crippen LogP contribution in [0.4, 0.5) is 10.5 Å². The molecule has 6 nitrogen and oxygen atoms in total. The molecular formula is C21H32N4O2. The van der Waals surface area contributed by atoms with Crippen LogP contribution in [0.3, 0.4) is 0 Å². The van der Waals surface area contributed by atoms with Gasteiger partial charge in [0.25, 0.3) is 0 Å². The Morgan fingerprint density at radius 1 is 1.26 bits per heavy atom. The highest BCUT2D eigenvalue weighted by Gasteiger charge is 2.54. The van der Waals surface area contributed by atoms with Gasteiger partial charge in [-0.25, -0.2) is 4.79 Å². The minimum absolute atomic E-state index is 0.00595. The van der Waals surface area contributed by atoms with Crippen molar-refractivity contribution in [3.05, 3.63) is 30.3 Å². The fourth-order valence-electron chi connectivity index (χ4n) is 4.74. The summed E-state index contributed by atoms with van der Waals surface area (Å²) in [6, 6.07) is 10.0. The summed E-state index contributed by atoms with van der Waals surface area (Å²) in [4.78, 5) is 20.1. The minimum Gasteiger partial charge on any atom is -0.378 e. The number of rotatable bonds is 4. The van der Waals surface area contributed by atoms with E-state index >= 15 is 0 Å². The number of carbonyl (C=O) groups excluding carboxylic acids is 1. The fourth-order valence-corrected chi connectivity index (χ4v) is 4.74. The van der Waals surface area contributed by atoms with E-state index in [-0.39, 0.29) is 11.6 Å². The number of urea groups is 1. The van der Waals surface area contributed by atoms with E-state index in [1.54, 1.807) is 0 Å². The van der Waals surface area contributed by atoms with Crippen molar-refractivity contribution >= 4 is 11.7 Å². The Morgan fingerprint density at radius 2 is 2.04 bits per heavy atom. The Kier molecular flexibility index (Phi) is 5.39. The molecule has 3 aliphatic heterocycles.